The van der Waals surface area contributed by atoms with Crippen LogP contribution in [0.1, 0.15) is 45.6 Å². The van der Waals surface area contributed by atoms with Gasteiger partial charge in [0.2, 0.25) is 5.91 Å². The topological polar surface area (TPSA) is 143 Å². The third-order valence-electron chi connectivity index (χ3n) is 8.53. The number of likely N-dealkylation sites (tertiary alicyclic amines) is 1. The molecule has 2 atom stereocenters. The lowest BCUT2D eigenvalue weighted by molar-refractivity contribution is -0.137. The van der Waals surface area contributed by atoms with Gasteiger partial charge in [0.15, 0.2) is 0 Å². The first-order valence-electron chi connectivity index (χ1n) is 13.3. The summed E-state index contributed by atoms with van der Waals surface area (Å²) in [7, 11) is 0. The van der Waals surface area contributed by atoms with Crippen LogP contribution in [0.3, 0.4) is 0 Å². The summed E-state index contributed by atoms with van der Waals surface area (Å²) < 4.78 is 1.72. The number of carbonyl (C=O) groups excluding carboxylic acids is 2. The van der Waals surface area contributed by atoms with Gasteiger partial charge in [-0.3, -0.25) is 14.7 Å². The third-order valence-corrected chi connectivity index (χ3v) is 8.53. The largest absolute Gasteiger partial charge is 0.349 e. The number of nitrogens with zero attached hydrogens (tertiary/aromatic N) is 5. The molecule has 2 aliphatic heterocycles. The van der Waals surface area contributed by atoms with Crippen LogP contribution >= 0.6 is 12.4 Å². The number of piperidine rings is 1. The summed E-state index contributed by atoms with van der Waals surface area (Å²) in [6.45, 7) is 8.48. The standard InChI is InChI=1S/C25H40N8O3.ClH/c1-25(2,27)22(34)31-9-11-32(12-10-31)23(35)28-20-7-8-33(24(36)29-20)17-5-3-16(4-6-17)13-30-14-18-19(15-30)21(18)26;/h7-8,16-19,21H,3-6,9-15,26-27H2,1-2H3,(H,28,29,35,36);1H/t16-,17-,18?,19?,21?;. The summed E-state index contributed by atoms with van der Waals surface area (Å²) in [5.41, 5.74) is 10.7. The number of hydrogen-bond donors (Lipinski definition) is 3. The van der Waals surface area contributed by atoms with Crippen LogP contribution in [0.25, 0.3) is 0 Å². The van der Waals surface area contributed by atoms with Crippen LogP contribution in [0.5, 0.6) is 0 Å². The van der Waals surface area contributed by atoms with Crippen LogP contribution in [0.4, 0.5) is 10.6 Å². The average molecular weight is 537 g/mol. The molecule has 2 saturated carbocycles. The summed E-state index contributed by atoms with van der Waals surface area (Å²) in [6.07, 6.45) is 5.93. The van der Waals surface area contributed by atoms with Crippen molar-refractivity contribution in [2.24, 2.45) is 29.2 Å². The Bertz CT molecular complexity index is 1030. The van der Waals surface area contributed by atoms with E-state index in [2.05, 4.69) is 15.2 Å². The van der Waals surface area contributed by atoms with E-state index < -0.39 is 5.54 Å². The van der Waals surface area contributed by atoms with Crippen LogP contribution in [0.2, 0.25) is 0 Å². The van der Waals surface area contributed by atoms with Crippen molar-refractivity contribution in [2.45, 2.75) is 57.2 Å². The number of nitrogens with two attached hydrogens (primary N) is 2. The van der Waals surface area contributed by atoms with Crippen LogP contribution in [0.15, 0.2) is 17.1 Å². The molecule has 2 unspecified atom stereocenters. The monoisotopic (exact) mass is 536 g/mol. The van der Waals surface area contributed by atoms with Crippen molar-refractivity contribution in [2.75, 3.05) is 51.1 Å². The highest BCUT2D eigenvalue weighted by atomic mass is 35.5. The highest BCUT2D eigenvalue weighted by Crippen LogP contribution is 2.44. The molecule has 0 aromatic carbocycles. The number of halogens is 1. The molecule has 5 rings (SSSR count). The smallest absolute Gasteiger partial charge is 0.338 e. The van der Waals surface area contributed by atoms with Crippen molar-refractivity contribution >= 4 is 30.2 Å². The Morgan fingerprint density at radius 1 is 1.05 bits per heavy atom. The second-order valence-corrected chi connectivity index (χ2v) is 11.7. The highest BCUT2D eigenvalue weighted by molar-refractivity contribution is 5.89. The van der Waals surface area contributed by atoms with Crippen LogP contribution in [0, 0.1) is 17.8 Å². The molecule has 1 aromatic rings. The van der Waals surface area contributed by atoms with E-state index >= 15 is 0 Å². The van der Waals surface area contributed by atoms with E-state index in [1.807, 2.05) is 0 Å². The Hall–Kier alpha value is -2.21. The van der Waals surface area contributed by atoms with Crippen molar-refractivity contribution in [1.82, 2.24) is 24.3 Å². The molecule has 37 heavy (non-hydrogen) atoms. The zero-order valence-corrected chi connectivity index (χ0v) is 22.7. The normalized spacial score (nSPS) is 29.9. The zero-order chi connectivity index (χ0) is 25.6. The van der Waals surface area contributed by atoms with E-state index in [-0.39, 0.29) is 41.9 Å². The molecule has 4 aliphatic rings. The number of hydrogen-bond acceptors (Lipinski definition) is 7. The van der Waals surface area contributed by atoms with Gasteiger partial charge in [0.25, 0.3) is 0 Å². The van der Waals surface area contributed by atoms with Crippen LogP contribution < -0.4 is 22.5 Å². The second kappa shape index (κ2) is 10.9. The van der Waals surface area contributed by atoms with Gasteiger partial charge < -0.3 is 26.2 Å². The van der Waals surface area contributed by atoms with Gasteiger partial charge in [-0.1, -0.05) is 0 Å². The summed E-state index contributed by atoms with van der Waals surface area (Å²) in [5.74, 6) is 2.26. The SMILES string of the molecule is CC(C)(N)C(=O)N1CCN(C(=O)Nc2ccn([C@H]3CC[C@H](CN4CC5C(N)C5C4)CC3)c(=O)n2)CC1.Cl. The summed E-state index contributed by atoms with van der Waals surface area (Å²) >= 11 is 0. The second-order valence-electron chi connectivity index (χ2n) is 11.7. The molecular formula is C25H41ClN8O3. The van der Waals surface area contributed by atoms with Crippen molar-refractivity contribution < 1.29 is 9.59 Å². The van der Waals surface area contributed by atoms with Gasteiger partial charge in [-0.25, -0.2) is 9.59 Å². The Balaban J connectivity index is 0.00000320. The lowest BCUT2D eigenvalue weighted by atomic mass is 9.85. The van der Waals surface area contributed by atoms with Gasteiger partial charge in [-0.15, -0.1) is 12.4 Å². The van der Waals surface area contributed by atoms with E-state index in [9.17, 15) is 14.4 Å². The van der Waals surface area contributed by atoms with Crippen molar-refractivity contribution in [3.63, 3.8) is 0 Å². The molecule has 12 heteroatoms. The maximum atomic E-state index is 12.8. The third kappa shape index (κ3) is 6.10. The molecule has 2 saturated heterocycles. The fourth-order valence-corrected chi connectivity index (χ4v) is 6.25. The van der Waals surface area contributed by atoms with Crippen molar-refractivity contribution in [1.29, 1.82) is 0 Å². The van der Waals surface area contributed by atoms with Gasteiger partial charge in [0, 0.05) is 64.1 Å². The summed E-state index contributed by atoms with van der Waals surface area (Å²) in [6, 6.07) is 1.97. The fraction of sp³-hybridized carbons (Fsp3) is 0.760. The van der Waals surface area contributed by atoms with E-state index in [0.29, 0.717) is 38.1 Å². The molecule has 3 amide bonds. The molecule has 11 nitrogen and oxygen atoms in total. The summed E-state index contributed by atoms with van der Waals surface area (Å²) in [5, 5.41) is 2.73. The number of amides is 3. The Kier molecular flexibility index (Phi) is 8.18. The van der Waals surface area contributed by atoms with Crippen molar-refractivity contribution in [3.05, 3.63) is 22.7 Å². The summed E-state index contributed by atoms with van der Waals surface area (Å²) in [4.78, 5) is 47.8. The molecule has 206 valence electrons. The molecule has 0 radical (unpaired) electrons. The van der Waals surface area contributed by atoms with Crippen molar-refractivity contribution in [3.8, 4) is 0 Å². The molecule has 3 heterocycles. The Labute approximate surface area is 224 Å². The maximum absolute atomic E-state index is 12.8. The quantitative estimate of drug-likeness (QED) is 0.502. The number of carbonyl (C=O) groups is 2. The lowest BCUT2D eigenvalue weighted by Gasteiger charge is -2.37. The minimum atomic E-state index is -0.930. The molecule has 5 N–H and O–H groups in total. The molecule has 4 fully saturated rings. The molecule has 1 aromatic heterocycles. The van der Waals surface area contributed by atoms with E-state index in [0.717, 1.165) is 57.2 Å². The Morgan fingerprint density at radius 2 is 1.65 bits per heavy atom. The van der Waals surface area contributed by atoms with Gasteiger partial charge in [-0.05, 0) is 63.4 Å². The maximum Gasteiger partial charge on any atom is 0.349 e. The number of rotatable bonds is 5. The average Bonchev–Trinajstić information content (AvgIpc) is 3.23. The van der Waals surface area contributed by atoms with E-state index in [1.165, 1.54) is 0 Å². The number of piperazine rings is 1. The van der Waals surface area contributed by atoms with Gasteiger partial charge in [0.05, 0.1) is 5.54 Å². The number of aromatic nitrogens is 2. The first-order valence-corrected chi connectivity index (χ1v) is 13.3. The Morgan fingerprint density at radius 3 is 2.22 bits per heavy atom. The first kappa shape index (κ1) is 27.8. The highest BCUT2D eigenvalue weighted by Gasteiger charge is 2.53. The first-order chi connectivity index (χ1) is 17.1. The number of nitrogens with one attached hydrogen (secondary N) is 1. The van der Waals surface area contributed by atoms with Crippen LogP contribution in [-0.2, 0) is 4.79 Å². The number of urea groups is 1. The van der Waals surface area contributed by atoms with Gasteiger partial charge in [0.1, 0.15) is 5.82 Å². The predicted molar refractivity (Wildman–Crippen MR) is 144 cm³/mol. The molecule has 0 spiro atoms. The zero-order valence-electron chi connectivity index (χ0n) is 21.8. The minimum absolute atomic E-state index is 0. The lowest BCUT2D eigenvalue weighted by Crippen LogP contribution is -2.58. The van der Waals surface area contributed by atoms with E-state index in [4.69, 9.17) is 11.5 Å². The van der Waals surface area contributed by atoms with Gasteiger partial charge >= 0.3 is 11.7 Å². The fourth-order valence-electron chi connectivity index (χ4n) is 6.25. The molecule has 2 aliphatic carbocycles. The molecular weight excluding hydrogens is 496 g/mol. The minimum Gasteiger partial charge on any atom is -0.338 e. The molecule has 0 bridgehead atoms. The number of anilines is 1. The van der Waals surface area contributed by atoms with Gasteiger partial charge in [-0.2, -0.15) is 4.98 Å². The van der Waals surface area contributed by atoms with E-state index in [1.54, 1.807) is 40.5 Å². The predicted octanol–water partition coefficient (Wildman–Crippen LogP) is 0.699. The van der Waals surface area contributed by atoms with Crippen LogP contribution in [-0.4, -0.2) is 93.6 Å². The number of fused-ring (bicyclic) bond motifs is 1.